The molecule has 2 aliphatic heterocycles. The number of nitrogens with zero attached hydrogens (tertiary/aromatic N) is 1. The van der Waals surface area contributed by atoms with Crippen LogP contribution in [0.15, 0.2) is 48.5 Å². The summed E-state index contributed by atoms with van der Waals surface area (Å²) >= 11 is 0. The highest BCUT2D eigenvalue weighted by molar-refractivity contribution is 6.10. The molecule has 1 saturated heterocycles. The van der Waals surface area contributed by atoms with Crippen molar-refractivity contribution in [3.8, 4) is 0 Å². The number of carbonyl (C=O) groups excluding carboxylic acids is 3. The Kier molecular flexibility index (Phi) is 4.97. The number of nitrogens with one attached hydrogen (secondary N) is 2. The number of benzene rings is 2. The number of carbonyl (C=O) groups is 3. The van der Waals surface area contributed by atoms with E-state index in [1.807, 2.05) is 0 Å². The molecule has 4 rings (SSSR count). The van der Waals surface area contributed by atoms with Crippen molar-refractivity contribution in [3.05, 3.63) is 65.2 Å². The van der Waals surface area contributed by atoms with Gasteiger partial charge in [0.1, 0.15) is 6.04 Å². The predicted octanol–water partition coefficient (Wildman–Crippen LogP) is 3.06. The van der Waals surface area contributed by atoms with Gasteiger partial charge in [-0.3, -0.25) is 14.4 Å². The van der Waals surface area contributed by atoms with E-state index in [1.165, 1.54) is 4.90 Å². The van der Waals surface area contributed by atoms with Crippen LogP contribution in [0.3, 0.4) is 0 Å². The van der Waals surface area contributed by atoms with Gasteiger partial charge in [-0.2, -0.15) is 13.2 Å². The molecule has 2 aromatic rings. The van der Waals surface area contributed by atoms with Gasteiger partial charge >= 0.3 is 6.18 Å². The Morgan fingerprint density at radius 1 is 1.07 bits per heavy atom. The number of amides is 3. The molecule has 2 aliphatic rings. The Balaban J connectivity index is 1.46. The third-order valence-corrected chi connectivity index (χ3v) is 5.39. The molecule has 1 fully saturated rings. The molecule has 156 valence electrons. The summed E-state index contributed by atoms with van der Waals surface area (Å²) in [6.07, 6.45) is -3.82. The molecule has 30 heavy (non-hydrogen) atoms. The molecule has 2 atom stereocenters. The minimum absolute atomic E-state index is 0.0965. The van der Waals surface area contributed by atoms with Crippen LogP contribution in [0.25, 0.3) is 0 Å². The number of anilines is 1. The maximum atomic E-state index is 12.8. The summed E-state index contributed by atoms with van der Waals surface area (Å²) < 4.78 is 38.0. The quantitative estimate of drug-likeness (QED) is 0.789. The van der Waals surface area contributed by atoms with Crippen LogP contribution in [0, 0.1) is 0 Å². The minimum atomic E-state index is -4.47. The third-order valence-electron chi connectivity index (χ3n) is 5.39. The van der Waals surface area contributed by atoms with Crippen LogP contribution in [-0.2, 0) is 11.0 Å². The van der Waals surface area contributed by atoms with Gasteiger partial charge in [0.05, 0.1) is 16.8 Å². The molecular formula is C21H18F3N3O3. The van der Waals surface area contributed by atoms with Gasteiger partial charge in [0.2, 0.25) is 5.91 Å². The fourth-order valence-corrected chi connectivity index (χ4v) is 3.82. The minimum Gasteiger partial charge on any atom is -0.349 e. The number of rotatable bonds is 2. The molecule has 6 nitrogen and oxygen atoms in total. The average molecular weight is 417 g/mol. The van der Waals surface area contributed by atoms with Crippen molar-refractivity contribution < 1.29 is 27.6 Å². The summed E-state index contributed by atoms with van der Waals surface area (Å²) in [5.74, 6) is -1.10. The summed E-state index contributed by atoms with van der Waals surface area (Å²) in [4.78, 5) is 39.5. The lowest BCUT2D eigenvalue weighted by molar-refractivity contribution is -0.137. The second-order valence-electron chi connectivity index (χ2n) is 7.32. The maximum Gasteiger partial charge on any atom is 0.416 e. The first-order valence-corrected chi connectivity index (χ1v) is 9.43. The number of hydrogen-bond donors (Lipinski definition) is 2. The molecule has 2 N–H and O–H groups in total. The summed E-state index contributed by atoms with van der Waals surface area (Å²) in [6, 6.07) is 9.57. The van der Waals surface area contributed by atoms with E-state index in [9.17, 15) is 27.6 Å². The van der Waals surface area contributed by atoms with Crippen LogP contribution in [0.1, 0.15) is 39.1 Å². The first-order chi connectivity index (χ1) is 14.2. The van der Waals surface area contributed by atoms with Crippen molar-refractivity contribution in [2.45, 2.75) is 31.1 Å². The Morgan fingerprint density at radius 3 is 2.47 bits per heavy atom. The summed E-state index contributed by atoms with van der Waals surface area (Å²) in [5, 5.41) is 5.52. The van der Waals surface area contributed by atoms with Gasteiger partial charge in [-0.1, -0.05) is 12.1 Å². The fraction of sp³-hybridized carbons (Fsp3) is 0.286. The molecule has 0 bridgehead atoms. The average Bonchev–Trinajstić information content (AvgIpc) is 2.82. The van der Waals surface area contributed by atoms with E-state index in [0.29, 0.717) is 17.7 Å². The summed E-state index contributed by atoms with van der Waals surface area (Å²) in [7, 11) is 0. The van der Waals surface area contributed by atoms with Gasteiger partial charge in [-0.05, 0) is 49.2 Å². The highest BCUT2D eigenvalue weighted by atomic mass is 19.4. The molecule has 0 aliphatic carbocycles. The van der Waals surface area contributed by atoms with E-state index >= 15 is 0 Å². The van der Waals surface area contributed by atoms with Crippen LogP contribution in [0.2, 0.25) is 0 Å². The largest absolute Gasteiger partial charge is 0.416 e. The number of fused-ring (bicyclic) bond motifs is 2. The topological polar surface area (TPSA) is 78.5 Å². The molecule has 3 amide bonds. The first-order valence-electron chi connectivity index (χ1n) is 9.43. The van der Waals surface area contributed by atoms with Gasteiger partial charge in [0.25, 0.3) is 11.8 Å². The molecule has 0 spiro atoms. The van der Waals surface area contributed by atoms with E-state index in [1.54, 1.807) is 24.3 Å². The number of para-hydroxylation sites is 1. The monoisotopic (exact) mass is 417 g/mol. The Bertz CT molecular complexity index is 1000. The Morgan fingerprint density at radius 2 is 1.77 bits per heavy atom. The van der Waals surface area contributed by atoms with Gasteiger partial charge in [-0.25, -0.2) is 0 Å². The normalized spacial score (nSPS) is 21.2. The second-order valence-corrected chi connectivity index (χ2v) is 7.32. The smallest absolute Gasteiger partial charge is 0.349 e. The maximum absolute atomic E-state index is 12.8. The van der Waals surface area contributed by atoms with Crippen molar-refractivity contribution in [2.75, 3.05) is 11.9 Å². The van der Waals surface area contributed by atoms with Crippen molar-refractivity contribution in [1.29, 1.82) is 0 Å². The highest BCUT2D eigenvalue weighted by Crippen LogP contribution is 2.30. The molecule has 2 aromatic carbocycles. The van der Waals surface area contributed by atoms with Crippen molar-refractivity contribution in [2.24, 2.45) is 0 Å². The molecule has 0 saturated carbocycles. The first kappa shape index (κ1) is 19.9. The third kappa shape index (κ3) is 3.74. The molecule has 0 radical (unpaired) electrons. The zero-order valence-electron chi connectivity index (χ0n) is 15.7. The van der Waals surface area contributed by atoms with Crippen molar-refractivity contribution in [3.63, 3.8) is 0 Å². The lowest BCUT2D eigenvalue weighted by atomic mass is 9.95. The zero-order chi connectivity index (χ0) is 21.5. The van der Waals surface area contributed by atoms with Crippen LogP contribution in [-0.4, -0.2) is 41.2 Å². The molecule has 2 heterocycles. The van der Waals surface area contributed by atoms with E-state index < -0.39 is 23.7 Å². The van der Waals surface area contributed by atoms with Gasteiger partial charge in [0.15, 0.2) is 0 Å². The van der Waals surface area contributed by atoms with Crippen LogP contribution in [0.4, 0.5) is 18.9 Å². The number of halogens is 3. The van der Waals surface area contributed by atoms with Crippen LogP contribution < -0.4 is 10.6 Å². The summed E-state index contributed by atoms with van der Waals surface area (Å²) in [6.45, 7) is 0.281. The zero-order valence-corrected chi connectivity index (χ0v) is 15.7. The second kappa shape index (κ2) is 7.47. The molecule has 0 aromatic heterocycles. The number of alkyl halides is 3. The van der Waals surface area contributed by atoms with Crippen molar-refractivity contribution >= 4 is 23.4 Å². The standard InChI is InChI=1S/C21H18F3N3O3/c22-21(23,24)13-7-5-12(6-8-13)18(28)25-14-9-10-27-17(11-14)19(29)26-16-4-2-1-3-15(16)20(27)30/h1-8,14,17H,9-11H2,(H,25,28)(H,26,29). The van der Waals surface area contributed by atoms with Crippen LogP contribution >= 0.6 is 0 Å². The fourth-order valence-electron chi connectivity index (χ4n) is 3.82. The van der Waals surface area contributed by atoms with Crippen molar-refractivity contribution in [1.82, 2.24) is 10.2 Å². The lowest BCUT2D eigenvalue weighted by Crippen LogP contribution is -2.55. The molecular weight excluding hydrogens is 399 g/mol. The SMILES string of the molecule is O=C(NC1CCN2C(=O)c3ccccc3NC(=O)C2C1)c1ccc(C(F)(F)F)cc1. The predicted molar refractivity (Wildman–Crippen MR) is 102 cm³/mol. The van der Waals surface area contributed by atoms with E-state index in [-0.39, 0.29) is 36.4 Å². The Labute approximate surface area is 170 Å². The van der Waals surface area contributed by atoms with E-state index in [0.717, 1.165) is 24.3 Å². The van der Waals surface area contributed by atoms with Gasteiger partial charge in [0, 0.05) is 18.2 Å². The van der Waals surface area contributed by atoms with E-state index in [2.05, 4.69) is 10.6 Å². The van der Waals surface area contributed by atoms with Gasteiger partial charge in [-0.15, -0.1) is 0 Å². The van der Waals surface area contributed by atoms with E-state index in [4.69, 9.17) is 0 Å². The molecule has 2 unspecified atom stereocenters. The summed E-state index contributed by atoms with van der Waals surface area (Å²) in [5.41, 5.74) is 0.132. The molecule has 9 heteroatoms. The lowest BCUT2D eigenvalue weighted by Gasteiger charge is -2.37. The highest BCUT2D eigenvalue weighted by Gasteiger charge is 2.40. The number of hydrogen-bond acceptors (Lipinski definition) is 3. The Hall–Kier alpha value is -3.36. The number of piperidine rings is 1. The van der Waals surface area contributed by atoms with Gasteiger partial charge < -0.3 is 15.5 Å². The van der Waals surface area contributed by atoms with Crippen LogP contribution in [0.5, 0.6) is 0 Å².